The summed E-state index contributed by atoms with van der Waals surface area (Å²) in [6.45, 7) is 2.93. The van der Waals surface area contributed by atoms with Crippen LogP contribution in [0.3, 0.4) is 0 Å². The fraction of sp³-hybridized carbons (Fsp3) is 0.417. The van der Waals surface area contributed by atoms with Crippen molar-refractivity contribution in [2.75, 3.05) is 13.2 Å². The lowest BCUT2D eigenvalue weighted by molar-refractivity contribution is -0.143. The third kappa shape index (κ3) is 3.30. The van der Waals surface area contributed by atoms with Crippen LogP contribution in [0.25, 0.3) is 0 Å². The molecule has 0 spiro atoms. The molecule has 0 aliphatic carbocycles. The number of esters is 1. The largest absolute Gasteiger partial charge is 0.466 e. The number of aromatic nitrogens is 1. The van der Waals surface area contributed by atoms with Gasteiger partial charge in [0.15, 0.2) is 0 Å². The topological polar surface area (TPSA) is 51.5 Å². The summed E-state index contributed by atoms with van der Waals surface area (Å²) in [7, 11) is 0. The van der Waals surface area contributed by atoms with Crippen molar-refractivity contribution in [3.8, 4) is 0 Å². The lowest BCUT2D eigenvalue weighted by Gasteiger charge is -2.07. The zero-order valence-corrected chi connectivity index (χ0v) is 10.4. The quantitative estimate of drug-likeness (QED) is 0.766. The predicted molar refractivity (Wildman–Crippen MR) is 68.3 cm³/mol. The number of aliphatic imine (C=N–C) groups is 1. The van der Waals surface area contributed by atoms with E-state index in [0.717, 1.165) is 10.6 Å². The summed E-state index contributed by atoms with van der Waals surface area (Å²) in [5.74, 6) is -0.146. The van der Waals surface area contributed by atoms with Crippen molar-refractivity contribution in [3.05, 3.63) is 30.1 Å². The first kappa shape index (κ1) is 12.1. The Balaban J connectivity index is 1.89. The van der Waals surface area contributed by atoms with Crippen LogP contribution < -0.4 is 0 Å². The molecule has 0 bridgehead atoms. The second-order valence-corrected chi connectivity index (χ2v) is 4.93. The summed E-state index contributed by atoms with van der Waals surface area (Å²) >= 11 is 1.63. The van der Waals surface area contributed by atoms with Crippen molar-refractivity contribution in [1.29, 1.82) is 0 Å². The smallest absolute Gasteiger partial charge is 0.306 e. The van der Waals surface area contributed by atoms with Crippen molar-refractivity contribution in [2.45, 2.75) is 18.6 Å². The Bertz CT molecular complexity index is 420. The van der Waals surface area contributed by atoms with Gasteiger partial charge in [-0.25, -0.2) is 0 Å². The SMILES string of the molecule is CCOC(=O)CC1CN=C(c2cccnc2)S1. The normalized spacial score (nSPS) is 18.9. The summed E-state index contributed by atoms with van der Waals surface area (Å²) in [6, 6.07) is 3.86. The Morgan fingerprint density at radius 1 is 1.65 bits per heavy atom. The third-order valence-electron chi connectivity index (χ3n) is 2.32. The maximum atomic E-state index is 11.3. The number of carbonyl (C=O) groups is 1. The van der Waals surface area contributed by atoms with Crippen LogP contribution in [0.5, 0.6) is 0 Å². The van der Waals surface area contributed by atoms with Crippen LogP contribution in [-0.4, -0.2) is 34.4 Å². The maximum absolute atomic E-state index is 11.3. The number of carbonyl (C=O) groups excluding carboxylic acids is 1. The highest BCUT2D eigenvalue weighted by Gasteiger charge is 2.23. The van der Waals surface area contributed by atoms with Crippen molar-refractivity contribution in [3.63, 3.8) is 0 Å². The van der Waals surface area contributed by atoms with E-state index < -0.39 is 0 Å². The zero-order chi connectivity index (χ0) is 12.1. The van der Waals surface area contributed by atoms with Crippen molar-refractivity contribution >= 4 is 22.8 Å². The Kier molecular flexibility index (Phi) is 4.14. The fourth-order valence-electron chi connectivity index (χ4n) is 1.58. The van der Waals surface area contributed by atoms with Gasteiger partial charge in [0.2, 0.25) is 0 Å². The van der Waals surface area contributed by atoms with Gasteiger partial charge >= 0.3 is 5.97 Å². The van der Waals surface area contributed by atoms with Crippen LogP contribution in [0.15, 0.2) is 29.5 Å². The van der Waals surface area contributed by atoms with E-state index in [1.165, 1.54) is 0 Å². The van der Waals surface area contributed by atoms with E-state index in [9.17, 15) is 4.79 Å². The van der Waals surface area contributed by atoms with E-state index in [1.54, 1.807) is 24.2 Å². The number of ether oxygens (including phenoxy) is 1. The molecule has 2 rings (SSSR count). The van der Waals surface area contributed by atoms with Crippen LogP contribution >= 0.6 is 11.8 Å². The van der Waals surface area contributed by atoms with Gasteiger partial charge in [-0.15, -0.1) is 11.8 Å². The maximum Gasteiger partial charge on any atom is 0.306 e. The highest BCUT2D eigenvalue weighted by atomic mass is 32.2. The Labute approximate surface area is 104 Å². The van der Waals surface area contributed by atoms with Gasteiger partial charge < -0.3 is 4.74 Å². The second kappa shape index (κ2) is 5.82. The molecule has 0 fully saturated rings. The van der Waals surface area contributed by atoms with Gasteiger partial charge in [-0.05, 0) is 19.1 Å². The van der Waals surface area contributed by atoms with E-state index in [0.29, 0.717) is 19.6 Å². The van der Waals surface area contributed by atoms with Crippen LogP contribution in [0.1, 0.15) is 18.9 Å². The molecule has 4 nitrogen and oxygen atoms in total. The van der Waals surface area contributed by atoms with Crippen LogP contribution in [-0.2, 0) is 9.53 Å². The first-order chi connectivity index (χ1) is 8.29. The standard InChI is InChI=1S/C12H14N2O2S/c1-2-16-11(15)6-10-8-14-12(17-10)9-4-3-5-13-7-9/h3-5,7,10H,2,6,8H2,1H3. The van der Waals surface area contributed by atoms with E-state index in [1.807, 2.05) is 19.1 Å². The highest BCUT2D eigenvalue weighted by Crippen LogP contribution is 2.27. The fourth-order valence-corrected chi connectivity index (χ4v) is 2.67. The van der Waals surface area contributed by atoms with Gasteiger partial charge in [0, 0.05) is 23.2 Å². The molecule has 1 aromatic heterocycles. The molecule has 1 aliphatic heterocycles. The Hall–Kier alpha value is -1.36. The summed E-state index contributed by atoms with van der Waals surface area (Å²) in [4.78, 5) is 19.8. The minimum absolute atomic E-state index is 0.146. The van der Waals surface area contributed by atoms with Gasteiger partial charge in [0.25, 0.3) is 0 Å². The molecule has 1 aromatic rings. The number of pyridine rings is 1. The first-order valence-corrected chi connectivity index (χ1v) is 6.44. The number of rotatable bonds is 4. The summed E-state index contributed by atoms with van der Waals surface area (Å²) in [5.41, 5.74) is 1.02. The average Bonchev–Trinajstić information content (AvgIpc) is 2.79. The van der Waals surface area contributed by atoms with Gasteiger partial charge in [0.05, 0.1) is 24.6 Å². The minimum Gasteiger partial charge on any atom is -0.466 e. The van der Waals surface area contributed by atoms with Gasteiger partial charge in [-0.1, -0.05) is 0 Å². The number of thioether (sulfide) groups is 1. The Morgan fingerprint density at radius 3 is 3.24 bits per heavy atom. The Morgan fingerprint density at radius 2 is 2.53 bits per heavy atom. The molecule has 5 heteroatoms. The molecule has 17 heavy (non-hydrogen) atoms. The minimum atomic E-state index is -0.146. The van der Waals surface area contributed by atoms with Gasteiger partial charge in [-0.3, -0.25) is 14.8 Å². The lowest BCUT2D eigenvalue weighted by Crippen LogP contribution is -2.14. The average molecular weight is 250 g/mol. The summed E-state index contributed by atoms with van der Waals surface area (Å²) in [6.07, 6.45) is 3.95. The second-order valence-electron chi connectivity index (χ2n) is 3.64. The molecular weight excluding hydrogens is 236 g/mol. The van der Waals surface area contributed by atoms with Gasteiger partial charge in [-0.2, -0.15) is 0 Å². The van der Waals surface area contributed by atoms with Crippen LogP contribution in [0.4, 0.5) is 0 Å². The summed E-state index contributed by atoms with van der Waals surface area (Å²) < 4.78 is 4.93. The monoisotopic (exact) mass is 250 g/mol. The molecule has 2 heterocycles. The molecule has 0 amide bonds. The molecule has 90 valence electrons. The van der Waals surface area contributed by atoms with Crippen molar-refractivity contribution in [2.24, 2.45) is 4.99 Å². The van der Waals surface area contributed by atoms with E-state index in [4.69, 9.17) is 4.74 Å². The molecule has 0 saturated carbocycles. The molecule has 0 saturated heterocycles. The molecule has 0 radical (unpaired) electrons. The molecule has 0 aromatic carbocycles. The molecular formula is C12H14N2O2S. The highest BCUT2D eigenvalue weighted by molar-refractivity contribution is 8.15. The van der Waals surface area contributed by atoms with E-state index in [-0.39, 0.29) is 11.2 Å². The molecule has 1 atom stereocenters. The van der Waals surface area contributed by atoms with Crippen molar-refractivity contribution in [1.82, 2.24) is 4.98 Å². The summed E-state index contributed by atoms with van der Waals surface area (Å²) in [5, 5.41) is 1.16. The third-order valence-corrected chi connectivity index (χ3v) is 3.56. The molecule has 1 unspecified atom stereocenters. The predicted octanol–water partition coefficient (Wildman–Crippen LogP) is 1.90. The lowest BCUT2D eigenvalue weighted by atomic mass is 10.3. The van der Waals surface area contributed by atoms with E-state index >= 15 is 0 Å². The number of hydrogen-bond acceptors (Lipinski definition) is 5. The molecule has 1 aliphatic rings. The first-order valence-electron chi connectivity index (χ1n) is 5.56. The van der Waals surface area contributed by atoms with Crippen LogP contribution in [0.2, 0.25) is 0 Å². The van der Waals surface area contributed by atoms with Gasteiger partial charge in [0.1, 0.15) is 0 Å². The molecule has 0 N–H and O–H groups in total. The van der Waals surface area contributed by atoms with E-state index in [2.05, 4.69) is 9.98 Å². The number of nitrogens with zero attached hydrogens (tertiary/aromatic N) is 2. The number of hydrogen-bond donors (Lipinski definition) is 0. The van der Waals surface area contributed by atoms with Crippen LogP contribution in [0, 0.1) is 0 Å². The zero-order valence-electron chi connectivity index (χ0n) is 9.63. The van der Waals surface area contributed by atoms with Crippen molar-refractivity contribution < 1.29 is 9.53 Å².